The van der Waals surface area contributed by atoms with Crippen LogP contribution in [0.3, 0.4) is 0 Å². The van der Waals surface area contributed by atoms with E-state index in [4.69, 9.17) is 10.3 Å². The van der Waals surface area contributed by atoms with Crippen molar-refractivity contribution in [2.45, 2.75) is 32.9 Å². The van der Waals surface area contributed by atoms with E-state index in [-0.39, 0.29) is 6.04 Å². The van der Waals surface area contributed by atoms with E-state index in [0.717, 1.165) is 0 Å². The molecule has 0 radical (unpaired) electrons. The molecule has 0 aromatic carbocycles. The molecular formula is C10H20N4O. The van der Waals surface area contributed by atoms with Gasteiger partial charge in [-0.25, -0.2) is 0 Å². The average molecular weight is 212 g/mol. The molecule has 0 saturated carbocycles. The number of nitrogens with zero attached hydrogens (tertiary/aromatic N) is 3. The molecule has 0 fully saturated rings. The van der Waals surface area contributed by atoms with E-state index >= 15 is 0 Å². The van der Waals surface area contributed by atoms with Crippen LogP contribution in [0.2, 0.25) is 0 Å². The van der Waals surface area contributed by atoms with Crippen LogP contribution in [0.25, 0.3) is 0 Å². The molecule has 0 bridgehead atoms. The molecule has 1 aromatic heterocycles. The van der Waals surface area contributed by atoms with Gasteiger partial charge in [-0.05, 0) is 20.0 Å². The Balaban J connectivity index is 2.53. The van der Waals surface area contributed by atoms with Gasteiger partial charge in [0.1, 0.15) is 0 Å². The molecule has 0 aliphatic rings. The molecule has 1 aromatic rings. The first-order valence-electron chi connectivity index (χ1n) is 5.20. The Bertz CT molecular complexity index is 295. The fourth-order valence-electron chi connectivity index (χ4n) is 1.16. The lowest BCUT2D eigenvalue weighted by Crippen LogP contribution is -2.28. The second-order valence-electron chi connectivity index (χ2n) is 4.45. The molecule has 1 atom stereocenters. The van der Waals surface area contributed by atoms with Gasteiger partial charge in [0.05, 0.1) is 6.54 Å². The van der Waals surface area contributed by atoms with E-state index in [1.165, 1.54) is 0 Å². The minimum Gasteiger partial charge on any atom is -0.339 e. The van der Waals surface area contributed by atoms with Crippen LogP contribution in [0.4, 0.5) is 0 Å². The summed E-state index contributed by atoms with van der Waals surface area (Å²) in [6, 6.07) is 0.0812. The lowest BCUT2D eigenvalue weighted by Gasteiger charge is -2.11. The van der Waals surface area contributed by atoms with Crippen LogP contribution in [0.5, 0.6) is 0 Å². The topological polar surface area (TPSA) is 68.2 Å². The SMILES string of the molecule is CC(C)C(N)Cc1nc(CN(C)C)no1. The quantitative estimate of drug-likeness (QED) is 0.776. The van der Waals surface area contributed by atoms with Crippen LogP contribution in [0.1, 0.15) is 25.6 Å². The van der Waals surface area contributed by atoms with Crippen LogP contribution >= 0.6 is 0 Å². The van der Waals surface area contributed by atoms with Crippen LogP contribution in [-0.4, -0.2) is 35.2 Å². The summed E-state index contributed by atoms with van der Waals surface area (Å²) in [6.07, 6.45) is 0.651. The van der Waals surface area contributed by atoms with Gasteiger partial charge in [-0.3, -0.25) is 0 Å². The molecule has 2 N–H and O–H groups in total. The van der Waals surface area contributed by atoms with E-state index < -0.39 is 0 Å². The first kappa shape index (κ1) is 12.1. The number of hydrogen-bond acceptors (Lipinski definition) is 5. The summed E-state index contributed by atoms with van der Waals surface area (Å²) in [6.45, 7) is 4.87. The average Bonchev–Trinajstić information content (AvgIpc) is 2.51. The number of hydrogen-bond donors (Lipinski definition) is 1. The fourth-order valence-corrected chi connectivity index (χ4v) is 1.16. The summed E-state index contributed by atoms with van der Waals surface area (Å²) in [4.78, 5) is 6.27. The van der Waals surface area contributed by atoms with Crippen molar-refractivity contribution in [1.29, 1.82) is 0 Å². The fraction of sp³-hybridized carbons (Fsp3) is 0.800. The summed E-state index contributed by atoms with van der Waals surface area (Å²) in [5.74, 6) is 1.77. The molecule has 1 unspecified atom stereocenters. The molecule has 0 aliphatic carbocycles. The van der Waals surface area contributed by atoms with Gasteiger partial charge in [0.15, 0.2) is 5.82 Å². The highest BCUT2D eigenvalue weighted by Crippen LogP contribution is 2.07. The maximum atomic E-state index is 5.92. The maximum absolute atomic E-state index is 5.92. The highest BCUT2D eigenvalue weighted by atomic mass is 16.5. The van der Waals surface area contributed by atoms with E-state index in [1.807, 2.05) is 19.0 Å². The first-order chi connectivity index (χ1) is 6.99. The van der Waals surface area contributed by atoms with Crippen LogP contribution in [0.15, 0.2) is 4.52 Å². The molecule has 15 heavy (non-hydrogen) atoms. The van der Waals surface area contributed by atoms with Crippen molar-refractivity contribution in [3.63, 3.8) is 0 Å². The van der Waals surface area contributed by atoms with Crippen molar-refractivity contribution in [2.75, 3.05) is 14.1 Å². The van der Waals surface area contributed by atoms with Gasteiger partial charge in [0, 0.05) is 12.5 Å². The Morgan fingerprint density at radius 2 is 2.07 bits per heavy atom. The molecule has 0 spiro atoms. The van der Waals surface area contributed by atoms with Crippen molar-refractivity contribution >= 4 is 0 Å². The highest BCUT2D eigenvalue weighted by Gasteiger charge is 2.14. The summed E-state index contributed by atoms with van der Waals surface area (Å²) in [7, 11) is 3.94. The van der Waals surface area contributed by atoms with Crippen molar-refractivity contribution in [3.8, 4) is 0 Å². The number of aromatic nitrogens is 2. The highest BCUT2D eigenvalue weighted by molar-refractivity contribution is 4.89. The molecule has 1 rings (SSSR count). The molecule has 5 nitrogen and oxygen atoms in total. The Kier molecular flexibility index (Phi) is 4.23. The predicted molar refractivity (Wildman–Crippen MR) is 58.2 cm³/mol. The van der Waals surface area contributed by atoms with E-state index in [0.29, 0.717) is 30.6 Å². The third kappa shape index (κ3) is 3.97. The monoisotopic (exact) mass is 212 g/mol. The lowest BCUT2D eigenvalue weighted by molar-refractivity contribution is 0.336. The second-order valence-corrected chi connectivity index (χ2v) is 4.45. The molecule has 0 amide bonds. The van der Waals surface area contributed by atoms with Crippen LogP contribution in [0, 0.1) is 5.92 Å². The van der Waals surface area contributed by atoms with E-state index in [9.17, 15) is 0 Å². The van der Waals surface area contributed by atoms with Gasteiger partial charge in [-0.1, -0.05) is 19.0 Å². The second kappa shape index (κ2) is 5.23. The normalized spacial score (nSPS) is 13.8. The van der Waals surface area contributed by atoms with Crippen molar-refractivity contribution in [2.24, 2.45) is 11.7 Å². The lowest BCUT2D eigenvalue weighted by atomic mass is 10.0. The summed E-state index contributed by atoms with van der Waals surface area (Å²) < 4.78 is 5.12. The molecule has 86 valence electrons. The summed E-state index contributed by atoms with van der Waals surface area (Å²) in [5.41, 5.74) is 5.92. The van der Waals surface area contributed by atoms with E-state index in [2.05, 4.69) is 24.0 Å². The number of nitrogens with two attached hydrogens (primary N) is 1. The minimum atomic E-state index is 0.0812. The number of rotatable bonds is 5. The third-order valence-electron chi connectivity index (χ3n) is 2.23. The predicted octanol–water partition coefficient (Wildman–Crippen LogP) is 0.657. The maximum Gasteiger partial charge on any atom is 0.228 e. The third-order valence-corrected chi connectivity index (χ3v) is 2.23. The van der Waals surface area contributed by atoms with Gasteiger partial charge in [0.25, 0.3) is 0 Å². The first-order valence-corrected chi connectivity index (χ1v) is 5.20. The zero-order valence-corrected chi connectivity index (χ0v) is 9.90. The van der Waals surface area contributed by atoms with Gasteiger partial charge >= 0.3 is 0 Å². The largest absolute Gasteiger partial charge is 0.339 e. The minimum absolute atomic E-state index is 0.0812. The summed E-state index contributed by atoms with van der Waals surface area (Å²) >= 11 is 0. The van der Waals surface area contributed by atoms with Gasteiger partial charge in [-0.15, -0.1) is 0 Å². The molecule has 0 saturated heterocycles. The van der Waals surface area contributed by atoms with Gasteiger partial charge < -0.3 is 15.2 Å². The van der Waals surface area contributed by atoms with Crippen molar-refractivity contribution < 1.29 is 4.52 Å². The smallest absolute Gasteiger partial charge is 0.228 e. The standard InChI is InChI=1S/C10H20N4O/c1-7(2)8(11)5-10-12-9(13-15-10)6-14(3)4/h7-8H,5-6,11H2,1-4H3. The van der Waals surface area contributed by atoms with Crippen LogP contribution < -0.4 is 5.73 Å². The molecule has 5 heteroatoms. The van der Waals surface area contributed by atoms with Gasteiger partial charge in [0.2, 0.25) is 5.89 Å². The molecule has 1 heterocycles. The Hall–Kier alpha value is -0.940. The molecular weight excluding hydrogens is 192 g/mol. The van der Waals surface area contributed by atoms with Crippen molar-refractivity contribution in [3.05, 3.63) is 11.7 Å². The Labute approximate surface area is 90.6 Å². The zero-order valence-electron chi connectivity index (χ0n) is 9.90. The summed E-state index contributed by atoms with van der Waals surface area (Å²) in [5, 5.41) is 3.89. The van der Waals surface area contributed by atoms with Crippen molar-refractivity contribution in [1.82, 2.24) is 15.0 Å². The van der Waals surface area contributed by atoms with E-state index in [1.54, 1.807) is 0 Å². The van der Waals surface area contributed by atoms with Crippen LogP contribution in [-0.2, 0) is 13.0 Å². The Morgan fingerprint density at radius 1 is 1.40 bits per heavy atom. The molecule has 0 aliphatic heterocycles. The zero-order chi connectivity index (χ0) is 11.4. The van der Waals surface area contributed by atoms with Gasteiger partial charge in [-0.2, -0.15) is 4.98 Å². The Morgan fingerprint density at radius 3 is 2.60 bits per heavy atom.